The van der Waals surface area contributed by atoms with E-state index < -0.39 is 0 Å². The first-order chi connectivity index (χ1) is 10.1. The van der Waals surface area contributed by atoms with Crippen LogP contribution in [0, 0.1) is 0 Å². The molecule has 0 aliphatic carbocycles. The summed E-state index contributed by atoms with van der Waals surface area (Å²) < 4.78 is 16.2. The number of ether oxygens (including phenoxy) is 3. The average Bonchev–Trinajstić information content (AvgIpc) is 2.49. The van der Waals surface area contributed by atoms with E-state index in [2.05, 4.69) is 18.7 Å². The SMILES string of the molecule is CCC1COC(C)CN1Cc1cc(OC)c(O)c(OC)c1. The van der Waals surface area contributed by atoms with E-state index in [-0.39, 0.29) is 11.9 Å². The van der Waals surface area contributed by atoms with Crippen LogP contribution in [0.25, 0.3) is 0 Å². The molecule has 0 saturated carbocycles. The molecule has 0 radical (unpaired) electrons. The van der Waals surface area contributed by atoms with Crippen molar-refractivity contribution in [3.63, 3.8) is 0 Å². The predicted molar refractivity (Wildman–Crippen MR) is 81.1 cm³/mol. The molecule has 2 unspecified atom stereocenters. The van der Waals surface area contributed by atoms with Crippen molar-refractivity contribution in [1.29, 1.82) is 0 Å². The molecule has 1 aromatic carbocycles. The predicted octanol–water partition coefficient (Wildman–Crippen LogP) is 2.41. The molecular weight excluding hydrogens is 270 g/mol. The molecule has 2 rings (SSSR count). The van der Waals surface area contributed by atoms with Crippen LogP contribution in [0.3, 0.4) is 0 Å². The van der Waals surface area contributed by atoms with Crippen LogP contribution in [0.1, 0.15) is 25.8 Å². The van der Waals surface area contributed by atoms with Gasteiger partial charge in [-0.15, -0.1) is 0 Å². The van der Waals surface area contributed by atoms with Crippen molar-refractivity contribution < 1.29 is 19.3 Å². The fraction of sp³-hybridized carbons (Fsp3) is 0.625. The van der Waals surface area contributed by atoms with Gasteiger partial charge in [0.2, 0.25) is 5.75 Å². The van der Waals surface area contributed by atoms with Crippen LogP contribution in [-0.2, 0) is 11.3 Å². The lowest BCUT2D eigenvalue weighted by Gasteiger charge is -2.38. The summed E-state index contributed by atoms with van der Waals surface area (Å²) in [5, 5.41) is 9.98. The molecule has 1 aromatic rings. The molecule has 1 aliphatic rings. The lowest BCUT2D eigenvalue weighted by Crippen LogP contribution is -2.47. The Morgan fingerprint density at radius 2 is 1.90 bits per heavy atom. The molecule has 118 valence electrons. The van der Waals surface area contributed by atoms with Gasteiger partial charge in [-0.1, -0.05) is 6.92 Å². The van der Waals surface area contributed by atoms with Gasteiger partial charge in [0, 0.05) is 19.1 Å². The summed E-state index contributed by atoms with van der Waals surface area (Å²) in [5.41, 5.74) is 1.06. The molecule has 0 spiro atoms. The molecule has 2 atom stereocenters. The first-order valence-electron chi connectivity index (χ1n) is 7.38. The van der Waals surface area contributed by atoms with Gasteiger partial charge >= 0.3 is 0 Å². The summed E-state index contributed by atoms with van der Waals surface area (Å²) in [6, 6.07) is 4.15. The fourth-order valence-electron chi connectivity index (χ4n) is 2.76. The lowest BCUT2D eigenvalue weighted by molar-refractivity contribution is -0.0592. The Kier molecular flexibility index (Phi) is 5.31. The van der Waals surface area contributed by atoms with Gasteiger partial charge in [0.05, 0.1) is 26.9 Å². The van der Waals surface area contributed by atoms with Gasteiger partial charge < -0.3 is 19.3 Å². The first kappa shape index (κ1) is 15.9. The highest BCUT2D eigenvalue weighted by atomic mass is 16.5. The molecule has 1 N–H and O–H groups in total. The Balaban J connectivity index is 2.21. The Morgan fingerprint density at radius 3 is 2.43 bits per heavy atom. The highest BCUT2D eigenvalue weighted by molar-refractivity contribution is 5.52. The molecule has 0 amide bonds. The van der Waals surface area contributed by atoms with Gasteiger partial charge in [-0.05, 0) is 31.0 Å². The van der Waals surface area contributed by atoms with E-state index in [4.69, 9.17) is 14.2 Å². The number of phenols is 1. The second-order valence-electron chi connectivity index (χ2n) is 5.48. The minimum absolute atomic E-state index is 0.0473. The van der Waals surface area contributed by atoms with Crippen LogP contribution in [0.4, 0.5) is 0 Å². The standard InChI is InChI=1S/C16H25NO4/c1-5-13-10-21-11(2)8-17(13)9-12-6-14(19-3)16(18)15(7-12)20-4/h6-7,11,13,18H,5,8-10H2,1-4H3. The minimum Gasteiger partial charge on any atom is -0.502 e. The third-order valence-electron chi connectivity index (χ3n) is 3.98. The van der Waals surface area contributed by atoms with E-state index in [0.717, 1.165) is 31.7 Å². The van der Waals surface area contributed by atoms with Crippen molar-refractivity contribution in [3.05, 3.63) is 17.7 Å². The third kappa shape index (κ3) is 3.60. The molecule has 1 aliphatic heterocycles. The van der Waals surface area contributed by atoms with E-state index in [1.807, 2.05) is 12.1 Å². The number of nitrogens with zero attached hydrogens (tertiary/aromatic N) is 1. The Hall–Kier alpha value is -1.46. The zero-order chi connectivity index (χ0) is 15.4. The molecule has 1 saturated heterocycles. The van der Waals surface area contributed by atoms with Gasteiger partial charge in [-0.2, -0.15) is 0 Å². The number of phenolic OH excluding ortho intramolecular Hbond substituents is 1. The molecule has 0 bridgehead atoms. The molecule has 5 nitrogen and oxygen atoms in total. The van der Waals surface area contributed by atoms with Crippen LogP contribution in [0.15, 0.2) is 12.1 Å². The monoisotopic (exact) mass is 295 g/mol. The molecular formula is C16H25NO4. The van der Waals surface area contributed by atoms with Gasteiger partial charge in [0.1, 0.15) is 0 Å². The largest absolute Gasteiger partial charge is 0.502 e. The van der Waals surface area contributed by atoms with Crippen LogP contribution in [0.2, 0.25) is 0 Å². The number of hydrogen-bond donors (Lipinski definition) is 1. The Bertz CT molecular complexity index is 452. The van der Waals surface area contributed by atoms with Crippen molar-refractivity contribution in [3.8, 4) is 17.2 Å². The average molecular weight is 295 g/mol. The zero-order valence-corrected chi connectivity index (χ0v) is 13.3. The summed E-state index contributed by atoms with van der Waals surface area (Å²) >= 11 is 0. The van der Waals surface area contributed by atoms with Gasteiger partial charge in [0.25, 0.3) is 0 Å². The van der Waals surface area contributed by atoms with Crippen LogP contribution < -0.4 is 9.47 Å². The maximum Gasteiger partial charge on any atom is 0.200 e. The van der Waals surface area contributed by atoms with Crippen molar-refractivity contribution >= 4 is 0 Å². The number of morpholine rings is 1. The quantitative estimate of drug-likeness (QED) is 0.904. The van der Waals surface area contributed by atoms with Gasteiger partial charge in [-0.3, -0.25) is 4.90 Å². The Labute approximate surface area is 126 Å². The highest BCUT2D eigenvalue weighted by Gasteiger charge is 2.26. The second-order valence-corrected chi connectivity index (χ2v) is 5.48. The normalized spacial score (nSPS) is 23.0. The maximum absolute atomic E-state index is 9.98. The Morgan fingerprint density at radius 1 is 1.29 bits per heavy atom. The summed E-state index contributed by atoms with van der Waals surface area (Å²) in [4.78, 5) is 2.42. The lowest BCUT2D eigenvalue weighted by atomic mass is 10.1. The van der Waals surface area contributed by atoms with E-state index in [9.17, 15) is 5.11 Å². The van der Waals surface area contributed by atoms with Gasteiger partial charge in [-0.25, -0.2) is 0 Å². The van der Waals surface area contributed by atoms with E-state index >= 15 is 0 Å². The fourth-order valence-corrected chi connectivity index (χ4v) is 2.76. The highest BCUT2D eigenvalue weighted by Crippen LogP contribution is 2.37. The molecule has 5 heteroatoms. The van der Waals surface area contributed by atoms with Gasteiger partial charge in [0.15, 0.2) is 11.5 Å². The summed E-state index contributed by atoms with van der Waals surface area (Å²) in [6.07, 6.45) is 1.30. The summed E-state index contributed by atoms with van der Waals surface area (Å²) in [7, 11) is 3.09. The van der Waals surface area contributed by atoms with E-state index in [1.165, 1.54) is 0 Å². The number of benzene rings is 1. The number of methoxy groups -OCH3 is 2. The van der Waals surface area contributed by atoms with Crippen molar-refractivity contribution in [2.45, 2.75) is 39.0 Å². The summed E-state index contributed by atoms with van der Waals surface area (Å²) in [6.45, 7) is 6.74. The van der Waals surface area contributed by atoms with Crippen LogP contribution >= 0.6 is 0 Å². The molecule has 1 heterocycles. The minimum atomic E-state index is 0.0473. The van der Waals surface area contributed by atoms with Crippen LogP contribution in [-0.4, -0.2) is 49.5 Å². The first-order valence-corrected chi connectivity index (χ1v) is 7.38. The number of rotatable bonds is 5. The maximum atomic E-state index is 9.98. The molecule has 0 aromatic heterocycles. The third-order valence-corrected chi connectivity index (χ3v) is 3.98. The van der Waals surface area contributed by atoms with Crippen molar-refractivity contribution in [1.82, 2.24) is 4.90 Å². The molecule has 21 heavy (non-hydrogen) atoms. The molecule has 1 fully saturated rings. The van der Waals surface area contributed by atoms with E-state index in [0.29, 0.717) is 17.5 Å². The number of aromatic hydroxyl groups is 1. The zero-order valence-electron chi connectivity index (χ0n) is 13.3. The van der Waals surface area contributed by atoms with Crippen LogP contribution in [0.5, 0.6) is 17.2 Å². The number of hydrogen-bond acceptors (Lipinski definition) is 5. The van der Waals surface area contributed by atoms with Crippen molar-refractivity contribution in [2.75, 3.05) is 27.4 Å². The second kappa shape index (κ2) is 7.00. The smallest absolute Gasteiger partial charge is 0.200 e. The van der Waals surface area contributed by atoms with E-state index in [1.54, 1.807) is 14.2 Å². The topological polar surface area (TPSA) is 51.2 Å². The summed E-state index contributed by atoms with van der Waals surface area (Å²) in [5.74, 6) is 0.934. The van der Waals surface area contributed by atoms with Crippen molar-refractivity contribution in [2.24, 2.45) is 0 Å².